The van der Waals surface area contributed by atoms with Crippen LogP contribution < -0.4 is 4.90 Å². The third-order valence-corrected chi connectivity index (χ3v) is 3.55. The van der Waals surface area contributed by atoms with Crippen molar-refractivity contribution in [3.63, 3.8) is 0 Å². The van der Waals surface area contributed by atoms with Crippen molar-refractivity contribution in [2.24, 2.45) is 0 Å². The van der Waals surface area contributed by atoms with Crippen LogP contribution in [0.3, 0.4) is 0 Å². The highest BCUT2D eigenvalue weighted by molar-refractivity contribution is 5.29. The topological polar surface area (TPSA) is 68.9 Å². The van der Waals surface area contributed by atoms with E-state index in [1.54, 1.807) is 18.6 Å². The van der Waals surface area contributed by atoms with Crippen molar-refractivity contribution in [3.8, 4) is 6.07 Å². The van der Waals surface area contributed by atoms with E-state index >= 15 is 0 Å². The summed E-state index contributed by atoms with van der Waals surface area (Å²) in [7, 11) is 0. The van der Waals surface area contributed by atoms with E-state index in [0.717, 1.165) is 44.2 Å². The van der Waals surface area contributed by atoms with Crippen molar-refractivity contribution in [2.75, 3.05) is 31.1 Å². The van der Waals surface area contributed by atoms with Crippen molar-refractivity contribution in [3.05, 3.63) is 48.0 Å². The summed E-state index contributed by atoms with van der Waals surface area (Å²) in [5.74, 6) is 0.799. The smallest absolute Gasteiger partial charge is 0.225 e. The molecule has 6 heteroatoms. The molecule has 3 heterocycles. The second kappa shape index (κ2) is 6.29. The molecule has 0 unspecified atom stereocenters. The summed E-state index contributed by atoms with van der Waals surface area (Å²) in [5.41, 5.74) is 1.61. The maximum atomic E-state index is 8.88. The van der Waals surface area contributed by atoms with Crippen LogP contribution in [0.15, 0.2) is 36.8 Å². The van der Waals surface area contributed by atoms with Gasteiger partial charge < -0.3 is 4.90 Å². The quantitative estimate of drug-likeness (QED) is 0.837. The fourth-order valence-electron chi connectivity index (χ4n) is 2.45. The molecule has 0 amide bonds. The highest BCUT2D eigenvalue weighted by Gasteiger charge is 2.18. The third-order valence-electron chi connectivity index (χ3n) is 3.55. The van der Waals surface area contributed by atoms with Crippen molar-refractivity contribution >= 4 is 5.95 Å². The van der Waals surface area contributed by atoms with Crippen LogP contribution in [0.25, 0.3) is 0 Å². The largest absolute Gasteiger partial charge is 0.338 e. The van der Waals surface area contributed by atoms with E-state index < -0.39 is 0 Å². The Labute approximate surface area is 123 Å². The molecular weight excluding hydrogens is 264 g/mol. The maximum absolute atomic E-state index is 8.88. The first-order valence-corrected chi connectivity index (χ1v) is 6.94. The van der Waals surface area contributed by atoms with Gasteiger partial charge in [0, 0.05) is 51.3 Å². The molecule has 0 saturated carbocycles. The van der Waals surface area contributed by atoms with Gasteiger partial charge in [0.15, 0.2) is 0 Å². The first-order valence-electron chi connectivity index (χ1n) is 6.94. The molecule has 6 nitrogen and oxygen atoms in total. The second-order valence-corrected chi connectivity index (χ2v) is 4.97. The number of nitrogens with zero attached hydrogens (tertiary/aromatic N) is 6. The van der Waals surface area contributed by atoms with Crippen molar-refractivity contribution in [2.45, 2.75) is 6.54 Å². The van der Waals surface area contributed by atoms with Gasteiger partial charge in [-0.2, -0.15) is 5.26 Å². The van der Waals surface area contributed by atoms with Gasteiger partial charge in [0.05, 0.1) is 0 Å². The lowest BCUT2D eigenvalue weighted by Crippen LogP contribution is -2.46. The molecule has 0 aliphatic carbocycles. The molecule has 0 aromatic carbocycles. The molecule has 21 heavy (non-hydrogen) atoms. The summed E-state index contributed by atoms with van der Waals surface area (Å²) < 4.78 is 0. The zero-order valence-electron chi connectivity index (χ0n) is 11.7. The first kappa shape index (κ1) is 13.5. The summed E-state index contributed by atoms with van der Waals surface area (Å²) in [6.07, 6.45) is 5.24. The van der Waals surface area contributed by atoms with Gasteiger partial charge in [-0.25, -0.2) is 15.0 Å². The van der Waals surface area contributed by atoms with Gasteiger partial charge >= 0.3 is 0 Å². The van der Waals surface area contributed by atoms with Gasteiger partial charge in [-0.1, -0.05) is 0 Å². The standard InChI is InChI=1S/C15H16N6/c16-11-14-10-13(2-5-17-14)12-20-6-8-21(9-7-20)15-18-3-1-4-19-15/h1-5,10H,6-9,12H2. The van der Waals surface area contributed by atoms with Crippen molar-refractivity contribution < 1.29 is 0 Å². The lowest BCUT2D eigenvalue weighted by molar-refractivity contribution is 0.248. The molecule has 2 aromatic rings. The van der Waals surface area contributed by atoms with E-state index in [9.17, 15) is 0 Å². The van der Waals surface area contributed by atoms with Crippen molar-refractivity contribution in [1.82, 2.24) is 19.9 Å². The van der Waals surface area contributed by atoms with Crippen LogP contribution in [0.2, 0.25) is 0 Å². The minimum atomic E-state index is 0.476. The summed E-state index contributed by atoms with van der Waals surface area (Å²) in [4.78, 5) is 17.1. The number of aromatic nitrogens is 3. The first-order chi connectivity index (χ1) is 10.3. The van der Waals surface area contributed by atoms with Gasteiger partial charge in [-0.3, -0.25) is 4.90 Å². The predicted octanol–water partition coefficient (Wildman–Crippen LogP) is 1.07. The molecule has 0 bridgehead atoms. The molecule has 0 radical (unpaired) electrons. The number of anilines is 1. The van der Waals surface area contributed by atoms with Crippen LogP contribution in [0, 0.1) is 11.3 Å². The van der Waals surface area contributed by atoms with E-state index in [0.29, 0.717) is 5.69 Å². The molecule has 0 atom stereocenters. The van der Waals surface area contributed by atoms with Crippen LogP contribution in [-0.4, -0.2) is 46.0 Å². The van der Waals surface area contributed by atoms with E-state index in [2.05, 4.69) is 30.8 Å². The Morgan fingerprint density at radius 2 is 1.81 bits per heavy atom. The SMILES string of the molecule is N#Cc1cc(CN2CCN(c3ncccn3)CC2)ccn1. The van der Waals surface area contributed by atoms with Gasteiger partial charge in [-0.15, -0.1) is 0 Å². The van der Waals surface area contributed by atoms with E-state index in [1.165, 1.54) is 0 Å². The average Bonchev–Trinajstić information content (AvgIpc) is 2.56. The summed E-state index contributed by atoms with van der Waals surface area (Å²) >= 11 is 0. The molecule has 1 aliphatic rings. The molecule has 1 saturated heterocycles. The number of hydrogen-bond acceptors (Lipinski definition) is 6. The Hall–Kier alpha value is -2.52. The molecular formula is C15H16N6. The van der Waals surface area contributed by atoms with Crippen LogP contribution in [0.5, 0.6) is 0 Å². The molecule has 0 N–H and O–H groups in total. The fraction of sp³-hybridized carbons (Fsp3) is 0.333. The second-order valence-electron chi connectivity index (χ2n) is 4.97. The van der Waals surface area contributed by atoms with Crippen LogP contribution in [0.1, 0.15) is 11.3 Å². The molecule has 2 aromatic heterocycles. The zero-order chi connectivity index (χ0) is 14.5. The number of rotatable bonds is 3. The van der Waals surface area contributed by atoms with E-state index in [4.69, 9.17) is 5.26 Å². The molecule has 3 rings (SSSR count). The number of hydrogen-bond donors (Lipinski definition) is 0. The summed E-state index contributed by atoms with van der Waals surface area (Å²) in [6, 6.07) is 7.73. The van der Waals surface area contributed by atoms with E-state index in [-0.39, 0.29) is 0 Å². The predicted molar refractivity (Wildman–Crippen MR) is 78.5 cm³/mol. The summed E-state index contributed by atoms with van der Waals surface area (Å²) in [6.45, 7) is 4.60. The third kappa shape index (κ3) is 3.33. The molecule has 1 fully saturated rings. The van der Waals surface area contributed by atoms with Crippen molar-refractivity contribution in [1.29, 1.82) is 5.26 Å². The van der Waals surface area contributed by atoms with Gasteiger partial charge in [-0.05, 0) is 23.8 Å². The molecule has 0 spiro atoms. The fourth-order valence-corrected chi connectivity index (χ4v) is 2.45. The molecule has 1 aliphatic heterocycles. The van der Waals surface area contributed by atoms with Crippen LogP contribution >= 0.6 is 0 Å². The van der Waals surface area contributed by atoms with E-state index in [1.807, 2.05) is 18.2 Å². The van der Waals surface area contributed by atoms with Gasteiger partial charge in [0.2, 0.25) is 5.95 Å². The van der Waals surface area contributed by atoms with Gasteiger partial charge in [0.25, 0.3) is 0 Å². The minimum absolute atomic E-state index is 0.476. The monoisotopic (exact) mass is 280 g/mol. The average molecular weight is 280 g/mol. The lowest BCUT2D eigenvalue weighted by Gasteiger charge is -2.34. The summed E-state index contributed by atoms with van der Waals surface area (Å²) in [5, 5.41) is 8.88. The number of nitriles is 1. The Morgan fingerprint density at radius 1 is 1.05 bits per heavy atom. The molecule has 106 valence electrons. The Morgan fingerprint density at radius 3 is 2.52 bits per heavy atom. The highest BCUT2D eigenvalue weighted by atomic mass is 15.3. The number of pyridine rings is 1. The van der Waals surface area contributed by atoms with Gasteiger partial charge in [0.1, 0.15) is 11.8 Å². The normalized spacial score (nSPS) is 15.7. The lowest BCUT2D eigenvalue weighted by atomic mass is 10.2. The maximum Gasteiger partial charge on any atom is 0.225 e. The highest BCUT2D eigenvalue weighted by Crippen LogP contribution is 2.12. The van der Waals surface area contributed by atoms with Crippen LogP contribution in [0.4, 0.5) is 5.95 Å². The Bertz CT molecular complexity index is 628. The number of piperazine rings is 1. The zero-order valence-corrected chi connectivity index (χ0v) is 11.7. The minimum Gasteiger partial charge on any atom is -0.338 e. The Kier molecular flexibility index (Phi) is 4.03. The van der Waals surface area contributed by atoms with Crippen LogP contribution in [-0.2, 0) is 6.54 Å². The Balaban J connectivity index is 1.57.